The maximum atomic E-state index is 14.7. The minimum absolute atomic E-state index is 0.0803. The Balaban J connectivity index is 0.988. The van der Waals surface area contributed by atoms with Crippen LogP contribution < -0.4 is 21.2 Å². The van der Waals surface area contributed by atoms with Crippen molar-refractivity contribution < 1.29 is 14.4 Å². The maximum Gasteiger partial charge on any atom is 0.327 e. The molecule has 3 aliphatic heterocycles. The van der Waals surface area contributed by atoms with Gasteiger partial charge in [0, 0.05) is 94.5 Å². The summed E-state index contributed by atoms with van der Waals surface area (Å²) in [6, 6.07) is 9.51. The molecule has 4 N–H and O–H groups in total. The first kappa shape index (κ1) is 41.9. The van der Waals surface area contributed by atoms with Crippen LogP contribution in [0.1, 0.15) is 49.3 Å². The van der Waals surface area contributed by atoms with Gasteiger partial charge in [-0.1, -0.05) is 6.07 Å². The van der Waals surface area contributed by atoms with Gasteiger partial charge in [-0.3, -0.25) is 29.2 Å². The minimum Gasteiger partial charge on any atom is -0.368 e. The highest BCUT2D eigenvalue weighted by Crippen LogP contribution is 2.27. The highest BCUT2D eigenvalue weighted by atomic mass is 16.2. The molecular formula is C44H59N13O4. The molecule has 4 aromatic heterocycles. The molecule has 5 aromatic rings. The second kappa shape index (κ2) is 18.8. The number of likely N-dealkylation sites (tertiary alicyclic amines) is 2. The van der Waals surface area contributed by atoms with Gasteiger partial charge in [0.2, 0.25) is 11.8 Å². The van der Waals surface area contributed by atoms with Crippen molar-refractivity contribution in [2.75, 3.05) is 84.4 Å². The van der Waals surface area contributed by atoms with Crippen molar-refractivity contribution >= 4 is 45.6 Å². The number of urea groups is 1. The Labute approximate surface area is 355 Å². The molecule has 17 heteroatoms. The molecule has 3 saturated heterocycles. The fourth-order valence-electron chi connectivity index (χ4n) is 9.34. The van der Waals surface area contributed by atoms with Crippen molar-refractivity contribution in [3.05, 3.63) is 82.8 Å². The lowest BCUT2D eigenvalue weighted by atomic mass is 9.89. The van der Waals surface area contributed by atoms with Crippen molar-refractivity contribution in [3.8, 4) is 0 Å². The van der Waals surface area contributed by atoms with Crippen molar-refractivity contribution in [2.24, 2.45) is 5.92 Å². The van der Waals surface area contributed by atoms with Crippen LogP contribution in [0.4, 0.5) is 10.5 Å². The first-order valence-electron chi connectivity index (χ1n) is 21.7. The molecule has 324 valence electrons. The van der Waals surface area contributed by atoms with E-state index in [0.717, 1.165) is 72.3 Å². The number of rotatable bonds is 13. The number of fused-ring (bicyclic) bond motifs is 2. The van der Waals surface area contributed by atoms with Crippen LogP contribution in [-0.2, 0) is 16.0 Å². The minimum atomic E-state index is -0.956. The number of carbonyl (C=O) groups is 3. The summed E-state index contributed by atoms with van der Waals surface area (Å²) in [7, 11) is 4.18. The van der Waals surface area contributed by atoms with E-state index in [1.807, 2.05) is 48.2 Å². The number of pyridine rings is 2. The molecule has 4 amide bonds. The monoisotopic (exact) mass is 833 g/mol. The largest absolute Gasteiger partial charge is 0.368 e. The first-order chi connectivity index (χ1) is 29.6. The second-order valence-corrected chi connectivity index (χ2v) is 17.2. The van der Waals surface area contributed by atoms with Crippen LogP contribution in [0.5, 0.6) is 0 Å². The van der Waals surface area contributed by atoms with E-state index in [0.29, 0.717) is 64.2 Å². The van der Waals surface area contributed by atoms with Crippen LogP contribution in [0.3, 0.4) is 0 Å². The Morgan fingerprint density at radius 3 is 2.38 bits per heavy atom. The summed E-state index contributed by atoms with van der Waals surface area (Å²) in [6.45, 7) is 9.14. The number of carbonyl (C=O) groups excluding carboxylic acids is 3. The van der Waals surface area contributed by atoms with Crippen molar-refractivity contribution in [2.45, 2.75) is 63.6 Å². The van der Waals surface area contributed by atoms with Gasteiger partial charge in [0.1, 0.15) is 12.1 Å². The number of amides is 4. The third kappa shape index (κ3) is 9.89. The number of nitrogens with one attached hydrogen (secondary N) is 4. The topological polar surface area (TPSA) is 184 Å². The van der Waals surface area contributed by atoms with Gasteiger partial charge in [-0.15, -0.1) is 0 Å². The molecular weight excluding hydrogens is 775 g/mol. The average molecular weight is 834 g/mol. The fourth-order valence-corrected chi connectivity index (χ4v) is 9.34. The maximum absolute atomic E-state index is 14.7. The molecule has 0 saturated carbocycles. The second-order valence-electron chi connectivity index (χ2n) is 17.2. The number of piperidine rings is 2. The SMILES string of the molecule is Cc1cc(C[C@H](NC(=O)N2CCC(n3c(=O)[nH]c4ncccc43)CC2)C(=O)N[C@@H](CC2CCN(CCN(C)C)CC2)C(=O)N2CCN(c3ccncc3)CC2)cc2cn[nH]c12. The molecule has 0 bridgehead atoms. The standard InChI is InChI=1S/C44H59N13O4/c1-30-25-32(26-33-29-47-51-39(30)33)28-36(49-43(60)56-17-10-35(11-18-56)57-38-5-4-12-46-40(38)50-44(57)61)41(58)48-37(27-31-8-15-53(16-9-31)20-19-52(2)3)42(59)55-23-21-54(22-24-55)34-6-13-45-14-7-34/h4-7,12-14,25-26,29,31,35-37H,8-11,15-24,27-28H2,1-3H3,(H,47,51)(H,48,58)(H,49,60)(H,46,50,61)/t36-,37-/m0/s1. The summed E-state index contributed by atoms with van der Waals surface area (Å²) in [6.07, 6.45) is 10.8. The smallest absolute Gasteiger partial charge is 0.327 e. The van der Waals surface area contributed by atoms with Crippen LogP contribution in [0.25, 0.3) is 22.1 Å². The summed E-state index contributed by atoms with van der Waals surface area (Å²) >= 11 is 0. The number of piperazine rings is 1. The van der Waals surface area contributed by atoms with Crippen LogP contribution in [-0.4, -0.2) is 159 Å². The van der Waals surface area contributed by atoms with E-state index in [2.05, 4.69) is 64.6 Å². The lowest BCUT2D eigenvalue weighted by molar-refractivity contribution is -0.137. The zero-order chi connectivity index (χ0) is 42.5. The summed E-state index contributed by atoms with van der Waals surface area (Å²) in [4.78, 5) is 78.1. The van der Waals surface area contributed by atoms with Crippen LogP contribution in [0, 0.1) is 12.8 Å². The lowest BCUT2D eigenvalue weighted by Crippen LogP contribution is -2.59. The number of hydrogen-bond acceptors (Lipinski definition) is 10. The van der Waals surface area contributed by atoms with E-state index in [1.165, 1.54) is 0 Å². The van der Waals surface area contributed by atoms with Gasteiger partial charge in [0.15, 0.2) is 5.65 Å². The molecule has 3 aliphatic rings. The van der Waals surface area contributed by atoms with E-state index < -0.39 is 12.1 Å². The third-order valence-electron chi connectivity index (χ3n) is 12.8. The van der Waals surface area contributed by atoms with Gasteiger partial charge in [0.05, 0.1) is 17.2 Å². The number of likely N-dealkylation sites (N-methyl/N-ethyl adjacent to an activating group) is 1. The number of H-pyrrole nitrogens is 2. The molecule has 0 spiro atoms. The molecule has 0 radical (unpaired) electrons. The molecule has 7 heterocycles. The van der Waals surface area contributed by atoms with Gasteiger partial charge >= 0.3 is 11.7 Å². The Morgan fingerprint density at radius 2 is 1.64 bits per heavy atom. The predicted molar refractivity (Wildman–Crippen MR) is 234 cm³/mol. The Morgan fingerprint density at radius 1 is 0.885 bits per heavy atom. The third-order valence-corrected chi connectivity index (χ3v) is 12.8. The summed E-state index contributed by atoms with van der Waals surface area (Å²) in [5, 5.41) is 14.5. The molecule has 3 fully saturated rings. The Bertz CT molecular complexity index is 2340. The van der Waals surface area contributed by atoms with E-state index in [-0.39, 0.29) is 41.9 Å². The van der Waals surface area contributed by atoms with Gasteiger partial charge in [-0.2, -0.15) is 5.10 Å². The number of hydrogen-bond donors (Lipinski definition) is 4. The Hall–Kier alpha value is -5.81. The summed E-state index contributed by atoms with van der Waals surface area (Å²) in [5.41, 5.74) is 4.92. The number of aromatic nitrogens is 6. The molecule has 8 rings (SSSR count). The van der Waals surface area contributed by atoms with Crippen LogP contribution in [0.2, 0.25) is 0 Å². The van der Waals surface area contributed by atoms with Crippen molar-refractivity contribution in [3.63, 3.8) is 0 Å². The van der Waals surface area contributed by atoms with Crippen LogP contribution in [0.15, 0.2) is 66.0 Å². The molecule has 17 nitrogen and oxygen atoms in total. The number of benzene rings is 1. The van der Waals surface area contributed by atoms with Gasteiger partial charge in [-0.05, 0) is 114 Å². The molecule has 0 unspecified atom stereocenters. The summed E-state index contributed by atoms with van der Waals surface area (Å²) < 4.78 is 1.74. The summed E-state index contributed by atoms with van der Waals surface area (Å²) in [5.74, 6) is -0.199. The first-order valence-corrected chi connectivity index (χ1v) is 21.7. The number of nitrogens with zero attached hydrogens (tertiary/aromatic N) is 9. The number of aryl methyl sites for hydroxylation is 1. The predicted octanol–water partition coefficient (Wildman–Crippen LogP) is 2.76. The van der Waals surface area contributed by atoms with Gasteiger partial charge in [-0.25, -0.2) is 14.6 Å². The number of anilines is 1. The molecule has 61 heavy (non-hydrogen) atoms. The van der Waals surface area contributed by atoms with E-state index in [1.54, 1.807) is 34.3 Å². The quantitative estimate of drug-likeness (QED) is 0.138. The highest BCUT2D eigenvalue weighted by molar-refractivity contribution is 5.92. The van der Waals surface area contributed by atoms with Crippen LogP contribution >= 0.6 is 0 Å². The normalized spacial score (nSPS) is 18.2. The van der Waals surface area contributed by atoms with E-state index in [4.69, 9.17) is 0 Å². The number of aromatic amines is 2. The zero-order valence-electron chi connectivity index (χ0n) is 35.6. The van der Waals surface area contributed by atoms with Gasteiger partial charge in [0.25, 0.3) is 0 Å². The van der Waals surface area contributed by atoms with Crippen molar-refractivity contribution in [1.82, 2.24) is 59.9 Å². The van der Waals surface area contributed by atoms with Crippen molar-refractivity contribution in [1.29, 1.82) is 0 Å². The van der Waals surface area contributed by atoms with E-state index in [9.17, 15) is 19.2 Å². The fraction of sp³-hybridized carbons (Fsp3) is 0.523. The Kier molecular flexibility index (Phi) is 12.9. The van der Waals surface area contributed by atoms with Gasteiger partial charge < -0.3 is 35.1 Å². The van der Waals surface area contributed by atoms with E-state index >= 15 is 0 Å². The highest BCUT2D eigenvalue weighted by Gasteiger charge is 2.35. The zero-order valence-corrected chi connectivity index (χ0v) is 35.6. The number of imidazole rings is 1. The lowest BCUT2D eigenvalue weighted by Gasteiger charge is -2.39. The molecule has 2 atom stereocenters. The molecule has 0 aliphatic carbocycles. The average Bonchev–Trinajstić information content (AvgIpc) is 3.90. The molecule has 1 aromatic carbocycles.